The van der Waals surface area contributed by atoms with Crippen LogP contribution >= 0.6 is 11.6 Å². The maximum atomic E-state index is 12.9. The van der Waals surface area contributed by atoms with Crippen LogP contribution in [0.15, 0.2) is 54.7 Å². The number of fused-ring (bicyclic) bond motifs is 1. The number of hydrogen-bond donors (Lipinski definition) is 1. The number of ether oxygens (including phenoxy) is 1. The lowest BCUT2D eigenvalue weighted by Crippen LogP contribution is -2.41. The molecule has 6 heteroatoms. The third kappa shape index (κ3) is 4.97. The molecule has 1 unspecified atom stereocenters. The van der Waals surface area contributed by atoms with Crippen molar-refractivity contribution in [2.45, 2.75) is 44.3 Å². The molecular formula is C24H30ClNO3Si. The van der Waals surface area contributed by atoms with Gasteiger partial charge in [-0.05, 0) is 35.8 Å². The maximum Gasteiger partial charge on any atom is 0.192 e. The Hall–Kier alpha value is -2.08. The summed E-state index contributed by atoms with van der Waals surface area (Å²) in [6.07, 6.45) is 1.72. The lowest BCUT2D eigenvalue weighted by molar-refractivity contribution is 0.0988. The van der Waals surface area contributed by atoms with Gasteiger partial charge in [-0.1, -0.05) is 51.1 Å². The molecule has 0 amide bonds. The van der Waals surface area contributed by atoms with Crippen molar-refractivity contribution >= 4 is 36.6 Å². The van der Waals surface area contributed by atoms with Crippen LogP contribution in [-0.2, 0) is 4.43 Å². The zero-order chi connectivity index (χ0) is 21.9. The Morgan fingerprint density at radius 3 is 2.47 bits per heavy atom. The number of nitrogens with one attached hydrogen (secondary N) is 1. The van der Waals surface area contributed by atoms with Crippen LogP contribution in [0.25, 0.3) is 10.9 Å². The third-order valence-electron chi connectivity index (χ3n) is 5.86. The Bertz CT molecular complexity index is 1010. The molecule has 2 aromatic carbocycles. The molecule has 3 rings (SSSR count). The first-order chi connectivity index (χ1) is 14.1. The van der Waals surface area contributed by atoms with Crippen molar-refractivity contribution < 1.29 is 14.0 Å². The van der Waals surface area contributed by atoms with Crippen molar-refractivity contribution in [1.29, 1.82) is 0 Å². The van der Waals surface area contributed by atoms with Crippen LogP contribution in [0.1, 0.15) is 42.1 Å². The van der Waals surface area contributed by atoms with Crippen LogP contribution < -0.4 is 4.74 Å². The van der Waals surface area contributed by atoms with Gasteiger partial charge in [-0.15, -0.1) is 11.6 Å². The Balaban J connectivity index is 1.65. The molecule has 1 aromatic heterocycles. The molecule has 0 saturated carbocycles. The fourth-order valence-corrected chi connectivity index (χ4v) is 4.27. The highest BCUT2D eigenvalue weighted by Gasteiger charge is 2.36. The number of carbonyl (C=O) groups is 1. The van der Waals surface area contributed by atoms with Gasteiger partial charge in [0.2, 0.25) is 0 Å². The van der Waals surface area contributed by atoms with Crippen LogP contribution in [-0.4, -0.2) is 32.3 Å². The van der Waals surface area contributed by atoms with Gasteiger partial charge in [0.15, 0.2) is 14.1 Å². The molecule has 4 nitrogen and oxygen atoms in total. The molecule has 0 spiro atoms. The Kier molecular flexibility index (Phi) is 6.75. The topological polar surface area (TPSA) is 51.3 Å². The second-order valence-electron chi connectivity index (χ2n) is 9.00. The fraction of sp³-hybridized carbons (Fsp3) is 0.375. The van der Waals surface area contributed by atoms with E-state index in [0.717, 1.165) is 22.2 Å². The first kappa shape index (κ1) is 22.6. The Morgan fingerprint density at radius 2 is 1.80 bits per heavy atom. The van der Waals surface area contributed by atoms with E-state index in [0.29, 0.717) is 18.8 Å². The molecule has 1 N–H and O–H groups in total. The van der Waals surface area contributed by atoms with Crippen molar-refractivity contribution in [1.82, 2.24) is 4.98 Å². The summed E-state index contributed by atoms with van der Waals surface area (Å²) in [6, 6.07) is 15.1. The number of aromatic nitrogens is 1. The predicted octanol–water partition coefficient (Wildman–Crippen LogP) is 6.73. The van der Waals surface area contributed by atoms with Gasteiger partial charge >= 0.3 is 0 Å². The molecule has 0 aliphatic rings. The smallest absolute Gasteiger partial charge is 0.192 e. The summed E-state index contributed by atoms with van der Waals surface area (Å²) in [5, 5.41) is 0.305. The van der Waals surface area contributed by atoms with E-state index in [1.807, 2.05) is 48.5 Å². The lowest BCUT2D eigenvalue weighted by atomic mass is 10.0. The van der Waals surface area contributed by atoms with Gasteiger partial charge in [0, 0.05) is 28.7 Å². The number of Topliss-reactive ketones (excluding diaryl/α,β-unsaturated/α-hetero) is 1. The number of aromatic amines is 1. The summed E-state index contributed by atoms with van der Waals surface area (Å²) < 4.78 is 12.0. The van der Waals surface area contributed by atoms with E-state index in [9.17, 15) is 4.79 Å². The molecular weight excluding hydrogens is 414 g/mol. The number of benzene rings is 2. The van der Waals surface area contributed by atoms with E-state index in [1.165, 1.54) is 0 Å². The minimum Gasteiger partial charge on any atom is -0.491 e. The number of hydrogen-bond acceptors (Lipinski definition) is 3. The van der Waals surface area contributed by atoms with Crippen LogP contribution in [0.2, 0.25) is 18.1 Å². The summed E-state index contributed by atoms with van der Waals surface area (Å²) in [4.78, 5) is 16.1. The number of halogens is 1. The van der Waals surface area contributed by atoms with E-state index in [4.69, 9.17) is 20.8 Å². The highest BCUT2D eigenvalue weighted by Crippen LogP contribution is 2.36. The standard InChI is InChI=1S/C24H30ClNO3Si/c1-24(2,3)30(4,5)29-14-13-28-18-11-12-19-20(16-26-21(19)15-18)23(27)22(25)17-9-7-6-8-10-17/h6-12,15-16,22,26H,13-14H2,1-5H3. The van der Waals surface area contributed by atoms with Crippen LogP contribution in [0, 0.1) is 0 Å². The predicted molar refractivity (Wildman–Crippen MR) is 126 cm³/mol. The quantitative estimate of drug-likeness (QED) is 0.182. The van der Waals surface area contributed by atoms with Crippen molar-refractivity contribution in [3.63, 3.8) is 0 Å². The summed E-state index contributed by atoms with van der Waals surface area (Å²) in [5.74, 6) is 0.623. The van der Waals surface area contributed by atoms with Crippen molar-refractivity contribution in [2.75, 3.05) is 13.2 Å². The Labute approximate surface area is 184 Å². The van der Waals surface area contributed by atoms with Crippen LogP contribution in [0.4, 0.5) is 0 Å². The molecule has 30 heavy (non-hydrogen) atoms. The molecule has 3 aromatic rings. The van der Waals surface area contributed by atoms with Gasteiger partial charge in [0.1, 0.15) is 17.7 Å². The van der Waals surface area contributed by atoms with Crippen molar-refractivity contribution in [2.24, 2.45) is 0 Å². The van der Waals surface area contributed by atoms with E-state index < -0.39 is 13.7 Å². The van der Waals surface area contributed by atoms with E-state index in [1.54, 1.807) is 6.20 Å². The summed E-state index contributed by atoms with van der Waals surface area (Å²) in [5.41, 5.74) is 2.22. The van der Waals surface area contributed by atoms with Crippen molar-refractivity contribution in [3.05, 3.63) is 65.9 Å². The van der Waals surface area contributed by atoms with Gasteiger partial charge < -0.3 is 14.1 Å². The number of rotatable bonds is 8. The summed E-state index contributed by atoms with van der Waals surface area (Å²) in [7, 11) is -1.77. The molecule has 0 saturated heterocycles. The number of carbonyl (C=O) groups excluding carboxylic acids is 1. The molecule has 0 aliphatic carbocycles. The molecule has 1 atom stereocenters. The first-order valence-electron chi connectivity index (χ1n) is 10.2. The zero-order valence-electron chi connectivity index (χ0n) is 18.3. The average Bonchev–Trinajstić information content (AvgIpc) is 3.13. The second-order valence-corrected chi connectivity index (χ2v) is 14.3. The molecule has 1 heterocycles. The zero-order valence-corrected chi connectivity index (χ0v) is 20.0. The van der Waals surface area contributed by atoms with Crippen molar-refractivity contribution in [3.8, 4) is 5.75 Å². The average molecular weight is 444 g/mol. The van der Waals surface area contributed by atoms with Crippen LogP contribution in [0.3, 0.4) is 0 Å². The van der Waals surface area contributed by atoms with Gasteiger partial charge in [-0.25, -0.2) is 0 Å². The highest BCUT2D eigenvalue weighted by atomic mass is 35.5. The normalized spacial score (nSPS) is 13.4. The van der Waals surface area contributed by atoms with Gasteiger partial charge in [-0.2, -0.15) is 0 Å². The van der Waals surface area contributed by atoms with Gasteiger partial charge in [0.25, 0.3) is 0 Å². The summed E-state index contributed by atoms with van der Waals surface area (Å²) in [6.45, 7) is 12.2. The maximum absolute atomic E-state index is 12.9. The van der Waals surface area contributed by atoms with E-state index in [-0.39, 0.29) is 10.8 Å². The van der Waals surface area contributed by atoms with E-state index in [2.05, 4.69) is 38.8 Å². The molecule has 0 radical (unpaired) electrons. The van der Waals surface area contributed by atoms with E-state index >= 15 is 0 Å². The van der Waals surface area contributed by atoms with Crippen LogP contribution in [0.5, 0.6) is 5.75 Å². The number of H-pyrrole nitrogens is 1. The highest BCUT2D eigenvalue weighted by molar-refractivity contribution is 6.74. The fourth-order valence-electron chi connectivity index (χ4n) is 2.98. The third-order valence-corrected chi connectivity index (χ3v) is 10.9. The first-order valence-corrected chi connectivity index (χ1v) is 13.6. The Morgan fingerprint density at radius 1 is 1.10 bits per heavy atom. The number of ketones is 1. The van der Waals surface area contributed by atoms with Gasteiger partial charge in [-0.3, -0.25) is 4.79 Å². The largest absolute Gasteiger partial charge is 0.491 e. The molecule has 160 valence electrons. The monoisotopic (exact) mass is 443 g/mol. The van der Waals surface area contributed by atoms with Gasteiger partial charge in [0.05, 0.1) is 6.61 Å². The minimum atomic E-state index is -1.77. The minimum absolute atomic E-state index is 0.120. The SMILES string of the molecule is CC(C)(C)[Si](C)(C)OCCOc1ccc2c(C(=O)C(Cl)c3ccccc3)c[nH]c2c1. The summed E-state index contributed by atoms with van der Waals surface area (Å²) >= 11 is 6.43. The second kappa shape index (κ2) is 8.96. The number of alkyl halides is 1. The lowest BCUT2D eigenvalue weighted by Gasteiger charge is -2.36. The molecule has 0 aliphatic heterocycles. The molecule has 0 fully saturated rings. The molecule has 0 bridgehead atoms.